The zero-order chi connectivity index (χ0) is 20.8. The molecule has 0 N–H and O–H groups in total. The van der Waals surface area contributed by atoms with Crippen molar-refractivity contribution < 1.29 is 9.47 Å². The highest BCUT2D eigenvalue weighted by molar-refractivity contribution is 7.09. The van der Waals surface area contributed by atoms with Crippen LogP contribution in [0.3, 0.4) is 0 Å². The van der Waals surface area contributed by atoms with E-state index in [0.717, 1.165) is 29.4 Å². The summed E-state index contributed by atoms with van der Waals surface area (Å²) >= 11 is 1.68. The van der Waals surface area contributed by atoms with Gasteiger partial charge < -0.3 is 14.4 Å². The van der Waals surface area contributed by atoms with E-state index in [1.54, 1.807) is 41.7 Å². The lowest BCUT2D eigenvalue weighted by Gasteiger charge is -2.22. The third kappa shape index (κ3) is 4.60. The fourth-order valence-corrected chi connectivity index (χ4v) is 3.68. The molecule has 1 aromatic carbocycles. The van der Waals surface area contributed by atoms with E-state index < -0.39 is 0 Å². The molecule has 0 saturated carbocycles. The molecule has 0 fully saturated rings. The third-order valence-corrected chi connectivity index (χ3v) is 5.46. The van der Waals surface area contributed by atoms with Crippen LogP contribution in [-0.4, -0.2) is 33.4 Å². The Hall–Kier alpha value is -3.39. The van der Waals surface area contributed by atoms with Crippen LogP contribution >= 0.6 is 11.3 Å². The first-order chi connectivity index (χ1) is 14.8. The maximum atomic E-state index is 5.94. The monoisotopic (exact) mass is 421 g/mol. The first kappa shape index (κ1) is 19.9. The number of thiophene rings is 1. The standard InChI is InChI=1S/C22H23N5O2S/c1-3-26(21-13-23-14-22(25-21)27-10-5-9-24-27)15-17-7-8-19(20(12-17)28-2)29-16-18-6-4-11-30-18/h4-14H,3,15-16H2,1-2H3. The van der Waals surface area contributed by atoms with Gasteiger partial charge in [-0.05, 0) is 42.1 Å². The molecule has 0 aliphatic heterocycles. The van der Waals surface area contributed by atoms with Gasteiger partial charge in [-0.2, -0.15) is 5.10 Å². The van der Waals surface area contributed by atoms with Crippen LogP contribution in [0.5, 0.6) is 11.5 Å². The van der Waals surface area contributed by atoms with Crippen molar-refractivity contribution in [3.8, 4) is 17.3 Å². The molecule has 0 aliphatic carbocycles. The molecule has 30 heavy (non-hydrogen) atoms. The topological polar surface area (TPSA) is 65.3 Å². The minimum Gasteiger partial charge on any atom is -0.493 e. The first-order valence-electron chi connectivity index (χ1n) is 9.66. The van der Waals surface area contributed by atoms with Crippen LogP contribution in [0, 0.1) is 0 Å². The van der Waals surface area contributed by atoms with Crippen molar-refractivity contribution in [1.82, 2.24) is 19.7 Å². The molecule has 7 nitrogen and oxygen atoms in total. The average Bonchev–Trinajstić information content (AvgIpc) is 3.51. The summed E-state index contributed by atoms with van der Waals surface area (Å²) in [4.78, 5) is 12.4. The maximum Gasteiger partial charge on any atom is 0.173 e. The predicted octanol–water partition coefficient (Wildman–Crippen LogP) is 4.34. The lowest BCUT2D eigenvalue weighted by atomic mass is 10.2. The Labute approximate surface area is 179 Å². The Bertz CT molecular complexity index is 1070. The molecule has 0 amide bonds. The molecule has 3 heterocycles. The minimum absolute atomic E-state index is 0.532. The average molecular weight is 422 g/mol. The number of aromatic nitrogens is 4. The van der Waals surface area contributed by atoms with Crippen LogP contribution in [0.1, 0.15) is 17.4 Å². The number of rotatable bonds is 9. The number of hydrogen-bond acceptors (Lipinski definition) is 7. The molecular formula is C22H23N5O2S. The summed E-state index contributed by atoms with van der Waals surface area (Å²) < 4.78 is 13.2. The Kier molecular flexibility index (Phi) is 6.24. The van der Waals surface area contributed by atoms with E-state index in [2.05, 4.69) is 34.0 Å². The van der Waals surface area contributed by atoms with E-state index in [9.17, 15) is 0 Å². The zero-order valence-electron chi connectivity index (χ0n) is 16.9. The van der Waals surface area contributed by atoms with Gasteiger partial charge in [0.1, 0.15) is 12.4 Å². The first-order valence-corrected chi connectivity index (χ1v) is 10.5. The number of methoxy groups -OCH3 is 1. The molecule has 4 rings (SSSR count). The van der Waals surface area contributed by atoms with Crippen LogP contribution in [-0.2, 0) is 13.2 Å². The second-order valence-electron chi connectivity index (χ2n) is 6.55. The molecule has 0 unspecified atom stereocenters. The number of ether oxygens (including phenoxy) is 2. The van der Waals surface area contributed by atoms with Gasteiger partial charge in [0, 0.05) is 30.4 Å². The van der Waals surface area contributed by atoms with Gasteiger partial charge in [-0.25, -0.2) is 9.67 Å². The molecular weight excluding hydrogens is 398 g/mol. The fraction of sp³-hybridized carbons (Fsp3) is 0.227. The summed E-state index contributed by atoms with van der Waals surface area (Å²) in [7, 11) is 1.66. The number of hydrogen-bond donors (Lipinski definition) is 0. The highest BCUT2D eigenvalue weighted by atomic mass is 32.1. The molecule has 3 aromatic heterocycles. The summed E-state index contributed by atoms with van der Waals surface area (Å²) in [6, 6.07) is 12.0. The molecule has 0 spiro atoms. The molecule has 0 bridgehead atoms. The maximum absolute atomic E-state index is 5.94. The molecule has 154 valence electrons. The van der Waals surface area contributed by atoms with Crippen molar-refractivity contribution in [3.63, 3.8) is 0 Å². The van der Waals surface area contributed by atoms with Gasteiger partial charge in [0.05, 0.1) is 19.5 Å². The number of benzene rings is 1. The Balaban J connectivity index is 1.50. The zero-order valence-corrected chi connectivity index (χ0v) is 17.7. The van der Waals surface area contributed by atoms with Crippen LogP contribution in [0.4, 0.5) is 5.82 Å². The second-order valence-corrected chi connectivity index (χ2v) is 7.59. The van der Waals surface area contributed by atoms with E-state index >= 15 is 0 Å². The SMILES string of the molecule is CCN(Cc1ccc(OCc2cccs2)c(OC)c1)c1cncc(-n2cccn2)n1. The molecule has 0 atom stereocenters. The summed E-state index contributed by atoms with van der Waals surface area (Å²) in [6.07, 6.45) is 7.05. The van der Waals surface area contributed by atoms with Gasteiger partial charge in [0.25, 0.3) is 0 Å². The van der Waals surface area contributed by atoms with Crippen LogP contribution in [0.25, 0.3) is 5.82 Å². The van der Waals surface area contributed by atoms with Crippen molar-refractivity contribution >= 4 is 17.2 Å². The summed E-state index contributed by atoms with van der Waals surface area (Å²) in [5.41, 5.74) is 1.10. The predicted molar refractivity (Wildman–Crippen MR) is 118 cm³/mol. The normalized spacial score (nSPS) is 10.7. The Morgan fingerprint density at radius 3 is 2.80 bits per heavy atom. The van der Waals surface area contributed by atoms with E-state index in [4.69, 9.17) is 14.5 Å². The smallest absolute Gasteiger partial charge is 0.173 e. The van der Waals surface area contributed by atoms with Crippen LogP contribution in [0.15, 0.2) is 66.6 Å². The number of anilines is 1. The van der Waals surface area contributed by atoms with Gasteiger partial charge in [0.2, 0.25) is 0 Å². The lowest BCUT2D eigenvalue weighted by Crippen LogP contribution is -2.23. The highest BCUT2D eigenvalue weighted by Crippen LogP contribution is 2.30. The van der Waals surface area contributed by atoms with Gasteiger partial charge in [-0.3, -0.25) is 4.98 Å². The van der Waals surface area contributed by atoms with Gasteiger partial charge >= 0.3 is 0 Å². The summed E-state index contributed by atoms with van der Waals surface area (Å²) in [5, 5.41) is 6.28. The molecule has 0 saturated heterocycles. The van der Waals surface area contributed by atoms with E-state index in [-0.39, 0.29) is 0 Å². The molecule has 0 aliphatic rings. The van der Waals surface area contributed by atoms with Crippen molar-refractivity contribution in [1.29, 1.82) is 0 Å². The van der Waals surface area contributed by atoms with Crippen molar-refractivity contribution in [2.45, 2.75) is 20.1 Å². The number of nitrogens with zero attached hydrogens (tertiary/aromatic N) is 5. The molecule has 0 radical (unpaired) electrons. The van der Waals surface area contributed by atoms with Gasteiger partial charge in [-0.1, -0.05) is 12.1 Å². The Morgan fingerprint density at radius 2 is 2.07 bits per heavy atom. The van der Waals surface area contributed by atoms with Crippen LogP contribution in [0.2, 0.25) is 0 Å². The lowest BCUT2D eigenvalue weighted by molar-refractivity contribution is 0.287. The Morgan fingerprint density at radius 1 is 1.13 bits per heavy atom. The summed E-state index contributed by atoms with van der Waals surface area (Å²) in [5.74, 6) is 2.93. The molecule has 4 aromatic rings. The second kappa shape index (κ2) is 9.41. The third-order valence-electron chi connectivity index (χ3n) is 4.61. The van der Waals surface area contributed by atoms with Gasteiger partial charge in [-0.15, -0.1) is 11.3 Å². The fourth-order valence-electron chi connectivity index (χ4n) is 3.06. The van der Waals surface area contributed by atoms with Crippen molar-refractivity contribution in [3.05, 3.63) is 77.0 Å². The van der Waals surface area contributed by atoms with E-state index in [0.29, 0.717) is 19.0 Å². The van der Waals surface area contributed by atoms with Gasteiger partial charge in [0.15, 0.2) is 17.3 Å². The molecule has 8 heteroatoms. The minimum atomic E-state index is 0.532. The largest absolute Gasteiger partial charge is 0.493 e. The van der Waals surface area contributed by atoms with Crippen molar-refractivity contribution in [2.24, 2.45) is 0 Å². The van der Waals surface area contributed by atoms with Crippen molar-refractivity contribution in [2.75, 3.05) is 18.6 Å². The van der Waals surface area contributed by atoms with Crippen LogP contribution < -0.4 is 14.4 Å². The van der Waals surface area contributed by atoms with E-state index in [1.165, 1.54) is 4.88 Å². The highest BCUT2D eigenvalue weighted by Gasteiger charge is 2.12. The van der Waals surface area contributed by atoms with E-state index in [1.807, 2.05) is 35.8 Å². The summed E-state index contributed by atoms with van der Waals surface area (Å²) in [6.45, 7) is 4.09. The quantitative estimate of drug-likeness (QED) is 0.401.